The third kappa shape index (κ3) is 6.44. The van der Waals surface area contributed by atoms with E-state index in [4.69, 9.17) is 4.74 Å². The van der Waals surface area contributed by atoms with E-state index in [0.717, 1.165) is 18.4 Å². The molecule has 0 unspecified atom stereocenters. The van der Waals surface area contributed by atoms with Gasteiger partial charge in [0.25, 0.3) is 11.8 Å². The van der Waals surface area contributed by atoms with Gasteiger partial charge in [-0.1, -0.05) is 37.6 Å². The second-order valence-electron chi connectivity index (χ2n) is 6.86. The zero-order valence-electron chi connectivity index (χ0n) is 16.9. The molecule has 0 saturated heterocycles. The molecule has 0 aliphatic rings. The summed E-state index contributed by atoms with van der Waals surface area (Å²) in [6, 6.07) is 18.5. The van der Waals surface area contributed by atoms with Crippen molar-refractivity contribution in [2.45, 2.75) is 26.3 Å². The molecule has 0 saturated carbocycles. The van der Waals surface area contributed by atoms with Crippen LogP contribution >= 0.6 is 0 Å². The average molecular weight is 403 g/mol. The smallest absolute Gasteiger partial charge is 0.258 e. The Morgan fingerprint density at radius 1 is 1.00 bits per heavy atom. The van der Waals surface area contributed by atoms with E-state index in [1.807, 2.05) is 42.5 Å². The van der Waals surface area contributed by atoms with Gasteiger partial charge in [-0.25, -0.2) is 0 Å². The highest BCUT2D eigenvalue weighted by atomic mass is 16.5. The number of nitrogens with zero attached hydrogens (tertiary/aromatic N) is 1. The molecule has 0 spiro atoms. The van der Waals surface area contributed by atoms with Crippen LogP contribution in [-0.2, 0) is 17.8 Å². The van der Waals surface area contributed by atoms with Crippen LogP contribution < -0.4 is 15.4 Å². The van der Waals surface area contributed by atoms with Gasteiger partial charge in [-0.05, 0) is 53.9 Å². The Hall–Kier alpha value is -3.67. The molecule has 2 amide bonds. The minimum atomic E-state index is -0.234. The molecule has 0 aliphatic heterocycles. The predicted octanol–water partition coefficient (Wildman–Crippen LogP) is 3.98. The van der Waals surface area contributed by atoms with Gasteiger partial charge in [0.1, 0.15) is 5.75 Å². The Morgan fingerprint density at radius 3 is 2.57 bits per heavy atom. The highest BCUT2D eigenvalue weighted by Crippen LogP contribution is 2.14. The third-order valence-corrected chi connectivity index (χ3v) is 4.43. The van der Waals surface area contributed by atoms with Crippen molar-refractivity contribution < 1.29 is 14.3 Å². The van der Waals surface area contributed by atoms with Gasteiger partial charge in [-0.3, -0.25) is 14.6 Å². The van der Waals surface area contributed by atoms with Crippen molar-refractivity contribution in [3.8, 4) is 5.75 Å². The standard InChI is InChI=1S/C24H25N3O3/c1-2-5-18-9-11-22(12-10-18)30-17-23(28)26-15-19-6-3-8-21(14-19)27-24(29)20-7-4-13-25-16-20/h3-4,6-14,16H,2,5,15,17H2,1H3,(H,26,28)(H,27,29). The molecule has 0 aliphatic carbocycles. The van der Waals surface area contributed by atoms with E-state index in [1.165, 1.54) is 11.8 Å². The fourth-order valence-electron chi connectivity index (χ4n) is 2.90. The number of carbonyl (C=O) groups excluding carboxylic acids is 2. The van der Waals surface area contributed by atoms with Gasteiger partial charge < -0.3 is 15.4 Å². The maximum absolute atomic E-state index is 12.2. The second kappa shape index (κ2) is 10.8. The van der Waals surface area contributed by atoms with Crippen molar-refractivity contribution in [3.05, 3.63) is 89.7 Å². The number of benzene rings is 2. The van der Waals surface area contributed by atoms with Crippen molar-refractivity contribution in [2.75, 3.05) is 11.9 Å². The summed E-state index contributed by atoms with van der Waals surface area (Å²) in [6.45, 7) is 2.43. The lowest BCUT2D eigenvalue weighted by molar-refractivity contribution is -0.123. The van der Waals surface area contributed by atoms with Crippen LogP contribution in [-0.4, -0.2) is 23.4 Å². The van der Waals surface area contributed by atoms with Crippen molar-refractivity contribution in [3.63, 3.8) is 0 Å². The molecule has 0 bridgehead atoms. The molecule has 154 valence electrons. The van der Waals surface area contributed by atoms with Crippen LogP contribution in [0.5, 0.6) is 5.75 Å². The highest BCUT2D eigenvalue weighted by molar-refractivity contribution is 6.04. The second-order valence-corrected chi connectivity index (χ2v) is 6.86. The van der Waals surface area contributed by atoms with Crippen LogP contribution in [0.2, 0.25) is 0 Å². The summed E-state index contributed by atoms with van der Waals surface area (Å²) in [5.41, 5.74) is 3.26. The summed E-state index contributed by atoms with van der Waals surface area (Å²) >= 11 is 0. The zero-order valence-corrected chi connectivity index (χ0v) is 16.9. The Labute approximate surface area is 176 Å². The summed E-state index contributed by atoms with van der Waals surface area (Å²) in [5.74, 6) is 0.227. The summed E-state index contributed by atoms with van der Waals surface area (Å²) in [6.07, 6.45) is 5.25. The van der Waals surface area contributed by atoms with Crippen LogP contribution in [0.15, 0.2) is 73.1 Å². The maximum Gasteiger partial charge on any atom is 0.258 e. The number of rotatable bonds is 9. The Morgan fingerprint density at radius 2 is 1.83 bits per heavy atom. The number of aromatic nitrogens is 1. The van der Waals surface area contributed by atoms with Crippen LogP contribution in [0.4, 0.5) is 5.69 Å². The molecule has 0 fully saturated rings. The van der Waals surface area contributed by atoms with E-state index in [0.29, 0.717) is 23.5 Å². The van der Waals surface area contributed by atoms with Crippen LogP contribution in [0.1, 0.15) is 34.8 Å². The molecule has 1 aromatic heterocycles. The molecule has 6 nitrogen and oxygen atoms in total. The molecule has 3 rings (SSSR count). The average Bonchev–Trinajstić information content (AvgIpc) is 2.78. The Bertz CT molecular complexity index is 973. The number of carbonyl (C=O) groups is 2. The Kier molecular flexibility index (Phi) is 7.55. The minimum absolute atomic E-state index is 0.0510. The molecule has 1 heterocycles. The molecular formula is C24H25N3O3. The first kappa shape index (κ1) is 21.0. The van der Waals surface area contributed by atoms with E-state index in [2.05, 4.69) is 22.5 Å². The summed E-state index contributed by atoms with van der Waals surface area (Å²) in [5, 5.41) is 5.66. The van der Waals surface area contributed by atoms with E-state index in [1.54, 1.807) is 24.4 Å². The van der Waals surface area contributed by atoms with Gasteiger partial charge in [0.15, 0.2) is 6.61 Å². The van der Waals surface area contributed by atoms with Crippen molar-refractivity contribution >= 4 is 17.5 Å². The molecular weight excluding hydrogens is 378 g/mol. The normalized spacial score (nSPS) is 10.3. The number of anilines is 1. The topological polar surface area (TPSA) is 80.3 Å². The van der Waals surface area contributed by atoms with Gasteiger partial charge in [-0.15, -0.1) is 0 Å². The quantitative estimate of drug-likeness (QED) is 0.566. The minimum Gasteiger partial charge on any atom is -0.484 e. The Balaban J connectivity index is 1.46. The first-order chi connectivity index (χ1) is 14.6. The van der Waals surface area contributed by atoms with Gasteiger partial charge in [-0.2, -0.15) is 0 Å². The number of pyridine rings is 1. The number of hydrogen-bond donors (Lipinski definition) is 2. The lowest BCUT2D eigenvalue weighted by Gasteiger charge is -2.10. The van der Waals surface area contributed by atoms with E-state index in [-0.39, 0.29) is 18.4 Å². The van der Waals surface area contributed by atoms with Gasteiger partial charge in [0, 0.05) is 24.6 Å². The van der Waals surface area contributed by atoms with Crippen molar-refractivity contribution in [1.82, 2.24) is 10.3 Å². The first-order valence-electron chi connectivity index (χ1n) is 9.93. The van der Waals surface area contributed by atoms with E-state index < -0.39 is 0 Å². The molecule has 2 N–H and O–H groups in total. The van der Waals surface area contributed by atoms with Gasteiger partial charge >= 0.3 is 0 Å². The van der Waals surface area contributed by atoms with Crippen LogP contribution in [0.3, 0.4) is 0 Å². The van der Waals surface area contributed by atoms with Gasteiger partial charge in [0.05, 0.1) is 5.56 Å². The third-order valence-electron chi connectivity index (χ3n) is 4.43. The monoisotopic (exact) mass is 403 g/mol. The number of hydrogen-bond acceptors (Lipinski definition) is 4. The molecule has 2 aromatic carbocycles. The first-order valence-corrected chi connectivity index (χ1v) is 9.93. The van der Waals surface area contributed by atoms with Crippen LogP contribution in [0.25, 0.3) is 0 Å². The van der Waals surface area contributed by atoms with Crippen LogP contribution in [0, 0.1) is 0 Å². The predicted molar refractivity (Wildman–Crippen MR) is 116 cm³/mol. The molecule has 0 atom stereocenters. The highest BCUT2D eigenvalue weighted by Gasteiger charge is 2.07. The fraction of sp³-hybridized carbons (Fsp3) is 0.208. The summed E-state index contributed by atoms with van der Waals surface area (Å²) < 4.78 is 5.54. The summed E-state index contributed by atoms with van der Waals surface area (Å²) in [7, 11) is 0. The fourth-order valence-corrected chi connectivity index (χ4v) is 2.90. The molecule has 6 heteroatoms. The van der Waals surface area contributed by atoms with E-state index in [9.17, 15) is 9.59 Å². The number of amides is 2. The zero-order chi connectivity index (χ0) is 21.2. The lowest BCUT2D eigenvalue weighted by atomic mass is 10.1. The largest absolute Gasteiger partial charge is 0.484 e. The van der Waals surface area contributed by atoms with E-state index >= 15 is 0 Å². The molecule has 3 aromatic rings. The SMILES string of the molecule is CCCc1ccc(OCC(=O)NCc2cccc(NC(=O)c3cccnc3)c2)cc1. The number of aryl methyl sites for hydroxylation is 1. The molecule has 0 radical (unpaired) electrons. The number of ether oxygens (including phenoxy) is 1. The maximum atomic E-state index is 12.2. The number of nitrogens with one attached hydrogen (secondary N) is 2. The van der Waals surface area contributed by atoms with Crippen molar-refractivity contribution in [2.24, 2.45) is 0 Å². The molecule has 30 heavy (non-hydrogen) atoms. The van der Waals surface area contributed by atoms with Crippen molar-refractivity contribution in [1.29, 1.82) is 0 Å². The lowest BCUT2D eigenvalue weighted by Crippen LogP contribution is -2.28. The van der Waals surface area contributed by atoms with Gasteiger partial charge in [0.2, 0.25) is 0 Å². The summed E-state index contributed by atoms with van der Waals surface area (Å²) in [4.78, 5) is 28.3.